The third-order valence-electron chi connectivity index (χ3n) is 2.79. The monoisotopic (exact) mass is 246 g/mol. The molecule has 4 aromatic rings. The molecule has 0 saturated carbocycles. The second-order valence-electron chi connectivity index (χ2n) is 3.75. The number of rotatable bonds is 0. The molecule has 0 aliphatic carbocycles. The number of H-pyrrole nitrogens is 2. The second-order valence-corrected chi connectivity index (χ2v) is 3.75. The Hall–Kier alpha value is -2.64. The summed E-state index contributed by atoms with van der Waals surface area (Å²) in [6.07, 6.45) is 2.89. The molecule has 0 aliphatic rings. The van der Waals surface area contributed by atoms with Crippen molar-refractivity contribution in [1.82, 2.24) is 29.9 Å². The lowest BCUT2D eigenvalue weighted by molar-refractivity contribution is 0.459. The van der Waals surface area contributed by atoms with E-state index in [1.807, 2.05) is 0 Å². The number of nitrogens with one attached hydrogen (secondary N) is 2. The van der Waals surface area contributed by atoms with E-state index in [1.54, 1.807) is 0 Å². The van der Waals surface area contributed by atoms with Crippen LogP contribution in [0.15, 0.2) is 12.7 Å². The molecule has 0 radical (unpaired) electrons. The van der Waals surface area contributed by atoms with Crippen LogP contribution in [0.1, 0.15) is 0 Å². The van der Waals surface area contributed by atoms with Gasteiger partial charge in [-0.05, 0) is 0 Å². The predicted octanol–water partition coefficient (Wildman–Crippen LogP) is 1.66. The van der Waals surface area contributed by atoms with Crippen molar-refractivity contribution >= 4 is 33.1 Å². The lowest BCUT2D eigenvalue weighted by atomic mass is 10.2. The van der Waals surface area contributed by atoms with Gasteiger partial charge in [-0.25, -0.2) is 19.9 Å². The van der Waals surface area contributed by atoms with E-state index in [1.165, 1.54) is 12.7 Å². The van der Waals surface area contributed by atoms with Crippen LogP contribution in [-0.2, 0) is 0 Å². The van der Waals surface area contributed by atoms with Gasteiger partial charge in [0.1, 0.15) is 22.1 Å². The van der Waals surface area contributed by atoms with Crippen LogP contribution in [0.2, 0.25) is 0 Å². The Balaban J connectivity index is 2.43. The van der Waals surface area contributed by atoms with Crippen molar-refractivity contribution in [2.45, 2.75) is 0 Å². The molecular weight excluding hydrogens is 242 g/mol. The number of imidazole rings is 2. The highest BCUT2D eigenvalue weighted by molar-refractivity contribution is 6.17. The van der Waals surface area contributed by atoms with Crippen molar-refractivity contribution in [3.8, 4) is 0 Å². The lowest BCUT2D eigenvalue weighted by Crippen LogP contribution is -1.97. The Morgan fingerprint density at radius 2 is 1.17 bits per heavy atom. The van der Waals surface area contributed by atoms with Gasteiger partial charge in [0.05, 0.1) is 23.7 Å². The van der Waals surface area contributed by atoms with Gasteiger partial charge in [0.25, 0.3) is 11.9 Å². The number of halogens is 2. The molecule has 0 saturated heterocycles. The van der Waals surface area contributed by atoms with Gasteiger partial charge in [-0.2, -0.15) is 8.78 Å². The molecule has 6 nitrogen and oxygen atoms in total. The molecule has 2 N–H and O–H groups in total. The van der Waals surface area contributed by atoms with E-state index in [0.29, 0.717) is 22.1 Å². The summed E-state index contributed by atoms with van der Waals surface area (Å²) in [6, 6.07) is 0. The molecule has 4 rings (SSSR count). The van der Waals surface area contributed by atoms with Crippen molar-refractivity contribution in [3.05, 3.63) is 24.6 Å². The summed E-state index contributed by atoms with van der Waals surface area (Å²) >= 11 is 0. The third kappa shape index (κ3) is 0.992. The molecule has 0 aliphatic heterocycles. The average molecular weight is 246 g/mol. The molecule has 0 spiro atoms. The van der Waals surface area contributed by atoms with E-state index in [2.05, 4.69) is 29.9 Å². The van der Waals surface area contributed by atoms with Crippen LogP contribution in [0, 0.1) is 11.9 Å². The summed E-state index contributed by atoms with van der Waals surface area (Å²) < 4.78 is 26.4. The average Bonchev–Trinajstić information content (AvgIpc) is 2.97. The van der Waals surface area contributed by atoms with E-state index in [4.69, 9.17) is 0 Å². The summed E-state index contributed by atoms with van der Waals surface area (Å²) in [6.45, 7) is 0. The standard InChI is InChI=1S/C10H4F2N6/c11-9-10(12)18-8-6-4(14-2-16-6)3-5(7(8)17-9)15-1-13-3/h1-2H,(H,13,15)(H,14,16). The van der Waals surface area contributed by atoms with E-state index < -0.39 is 11.9 Å². The molecule has 8 heteroatoms. The predicted molar refractivity (Wildman–Crippen MR) is 58.8 cm³/mol. The van der Waals surface area contributed by atoms with Gasteiger partial charge in [-0.3, -0.25) is 0 Å². The molecule has 3 aromatic heterocycles. The highest BCUT2D eigenvalue weighted by atomic mass is 19.2. The van der Waals surface area contributed by atoms with Crippen molar-refractivity contribution in [3.63, 3.8) is 0 Å². The van der Waals surface area contributed by atoms with Gasteiger partial charge in [0.2, 0.25) is 0 Å². The summed E-state index contributed by atoms with van der Waals surface area (Å²) in [5.41, 5.74) is 2.49. The summed E-state index contributed by atoms with van der Waals surface area (Å²) in [5.74, 6) is -2.48. The summed E-state index contributed by atoms with van der Waals surface area (Å²) in [5, 5.41) is 0. The van der Waals surface area contributed by atoms with E-state index >= 15 is 0 Å². The van der Waals surface area contributed by atoms with E-state index in [-0.39, 0.29) is 11.0 Å². The van der Waals surface area contributed by atoms with Crippen LogP contribution in [0.4, 0.5) is 8.78 Å². The zero-order valence-electron chi connectivity index (χ0n) is 8.70. The second kappa shape index (κ2) is 2.97. The molecular formula is C10H4F2N6. The first-order chi connectivity index (χ1) is 8.75. The SMILES string of the molecule is Fc1nc2c(nc1F)c1[nH]cnc1c1nc[nH]c12. The zero-order valence-corrected chi connectivity index (χ0v) is 8.70. The van der Waals surface area contributed by atoms with Crippen LogP contribution < -0.4 is 0 Å². The fourth-order valence-corrected chi connectivity index (χ4v) is 2.05. The first kappa shape index (κ1) is 9.40. The number of aromatic amines is 2. The Morgan fingerprint density at radius 3 is 1.61 bits per heavy atom. The van der Waals surface area contributed by atoms with Crippen molar-refractivity contribution in [2.24, 2.45) is 0 Å². The van der Waals surface area contributed by atoms with Crippen LogP contribution in [0.25, 0.3) is 33.1 Å². The van der Waals surface area contributed by atoms with Crippen LogP contribution >= 0.6 is 0 Å². The Kier molecular flexibility index (Phi) is 1.55. The third-order valence-corrected chi connectivity index (χ3v) is 2.79. The molecule has 18 heavy (non-hydrogen) atoms. The number of hydrogen-bond donors (Lipinski definition) is 2. The molecule has 0 amide bonds. The van der Waals surface area contributed by atoms with Gasteiger partial charge >= 0.3 is 0 Å². The quantitative estimate of drug-likeness (QED) is 0.494. The Bertz CT molecular complexity index is 834. The minimum atomic E-state index is -1.24. The maximum Gasteiger partial charge on any atom is 0.269 e. The number of fused-ring (bicyclic) bond motifs is 6. The minimum Gasteiger partial charge on any atom is -0.343 e. The van der Waals surface area contributed by atoms with Crippen LogP contribution in [0.3, 0.4) is 0 Å². The topological polar surface area (TPSA) is 83.1 Å². The fourth-order valence-electron chi connectivity index (χ4n) is 2.05. The number of hydrogen-bond acceptors (Lipinski definition) is 4. The fraction of sp³-hybridized carbons (Fsp3) is 0. The van der Waals surface area contributed by atoms with Gasteiger partial charge in [-0.15, -0.1) is 0 Å². The largest absolute Gasteiger partial charge is 0.343 e. The number of aromatic nitrogens is 6. The minimum absolute atomic E-state index is 0.221. The maximum absolute atomic E-state index is 13.2. The molecule has 1 aromatic carbocycles. The molecule has 0 unspecified atom stereocenters. The smallest absolute Gasteiger partial charge is 0.269 e. The van der Waals surface area contributed by atoms with E-state index in [0.717, 1.165) is 0 Å². The molecule has 0 atom stereocenters. The normalized spacial score (nSPS) is 11.9. The molecule has 88 valence electrons. The first-order valence-electron chi connectivity index (χ1n) is 5.06. The van der Waals surface area contributed by atoms with Crippen molar-refractivity contribution in [2.75, 3.05) is 0 Å². The molecule has 0 fully saturated rings. The summed E-state index contributed by atoms with van der Waals surface area (Å²) in [4.78, 5) is 21.0. The Labute approximate surface area is 97.1 Å². The first-order valence-corrected chi connectivity index (χ1v) is 5.06. The Morgan fingerprint density at radius 1 is 0.722 bits per heavy atom. The van der Waals surface area contributed by atoms with Gasteiger partial charge in [0, 0.05) is 0 Å². The van der Waals surface area contributed by atoms with Crippen molar-refractivity contribution < 1.29 is 8.78 Å². The zero-order chi connectivity index (χ0) is 12.3. The molecule has 3 heterocycles. The maximum atomic E-state index is 13.2. The van der Waals surface area contributed by atoms with Gasteiger partial charge < -0.3 is 9.97 Å². The number of benzene rings is 1. The molecule has 0 bridgehead atoms. The van der Waals surface area contributed by atoms with Crippen molar-refractivity contribution in [1.29, 1.82) is 0 Å². The summed E-state index contributed by atoms with van der Waals surface area (Å²) in [7, 11) is 0. The van der Waals surface area contributed by atoms with Crippen LogP contribution in [-0.4, -0.2) is 29.9 Å². The highest BCUT2D eigenvalue weighted by Gasteiger charge is 2.17. The van der Waals surface area contributed by atoms with Crippen LogP contribution in [0.5, 0.6) is 0 Å². The highest BCUT2D eigenvalue weighted by Crippen LogP contribution is 2.28. The van der Waals surface area contributed by atoms with E-state index in [9.17, 15) is 8.78 Å². The van der Waals surface area contributed by atoms with Gasteiger partial charge in [0.15, 0.2) is 0 Å². The lowest BCUT2D eigenvalue weighted by Gasteiger charge is -2.00. The van der Waals surface area contributed by atoms with Gasteiger partial charge in [-0.1, -0.05) is 0 Å². The number of nitrogens with zero attached hydrogens (tertiary/aromatic N) is 4.